The summed E-state index contributed by atoms with van der Waals surface area (Å²) in [5.74, 6) is 0.801. The molecule has 1 saturated heterocycles. The van der Waals surface area contributed by atoms with Gasteiger partial charge in [-0.05, 0) is 66.3 Å². The first kappa shape index (κ1) is 20.7. The van der Waals surface area contributed by atoms with Gasteiger partial charge in [-0.1, -0.05) is 36.4 Å². The Morgan fingerprint density at radius 2 is 1.86 bits per heavy atom. The highest BCUT2D eigenvalue weighted by atomic mass is 16.3. The number of aromatic amines is 2. The zero-order valence-corrected chi connectivity index (χ0v) is 19.4. The first-order valence-corrected chi connectivity index (χ1v) is 12.4. The molecular formula is C27H28N6O2. The van der Waals surface area contributed by atoms with Crippen molar-refractivity contribution >= 4 is 17.0 Å². The van der Waals surface area contributed by atoms with Crippen LogP contribution in [0.4, 0.5) is 5.95 Å². The summed E-state index contributed by atoms with van der Waals surface area (Å²) in [5.41, 5.74) is 11.1. The third kappa shape index (κ3) is 2.99. The summed E-state index contributed by atoms with van der Waals surface area (Å²) in [7, 11) is 0. The second-order valence-electron chi connectivity index (χ2n) is 10.5. The molecule has 178 valence electrons. The van der Waals surface area contributed by atoms with Gasteiger partial charge in [0.25, 0.3) is 5.56 Å². The average Bonchev–Trinajstić information content (AvgIpc) is 3.48. The standard InChI is InChI=1S/C27H28N6O2/c28-21-19-7-2-1-4-16(19)15-26(21)10-12-33(13-11-26)25-29-23-20(24(35)30-25)22(31-32-23)27(8-9-27)17-5-3-6-18(34)14-17/h1-7,14,21,34H,8-13,15,28H2,(H2,29,30,31,32,35)/t21-/m1/s1. The van der Waals surface area contributed by atoms with Crippen LogP contribution in [0.5, 0.6) is 5.75 Å². The normalized spacial score (nSPS) is 22.0. The summed E-state index contributed by atoms with van der Waals surface area (Å²) < 4.78 is 0. The second-order valence-corrected chi connectivity index (χ2v) is 10.5. The van der Waals surface area contributed by atoms with Gasteiger partial charge in [0.2, 0.25) is 5.95 Å². The fourth-order valence-corrected chi connectivity index (χ4v) is 6.48. The zero-order valence-electron chi connectivity index (χ0n) is 19.4. The van der Waals surface area contributed by atoms with E-state index in [1.54, 1.807) is 12.1 Å². The average molecular weight is 469 g/mol. The molecule has 8 nitrogen and oxygen atoms in total. The van der Waals surface area contributed by atoms with Crippen molar-refractivity contribution in [2.75, 3.05) is 18.0 Å². The minimum absolute atomic E-state index is 0.0534. The number of rotatable bonds is 3. The van der Waals surface area contributed by atoms with E-state index >= 15 is 0 Å². The molecule has 0 unspecified atom stereocenters. The molecule has 0 amide bonds. The number of H-pyrrole nitrogens is 2. The molecule has 1 spiro atoms. The number of fused-ring (bicyclic) bond motifs is 2. The van der Waals surface area contributed by atoms with E-state index in [1.807, 2.05) is 12.1 Å². The Kier molecular flexibility index (Phi) is 4.25. The quantitative estimate of drug-likeness (QED) is 0.366. The Hall–Kier alpha value is -3.65. The van der Waals surface area contributed by atoms with Crippen LogP contribution in [-0.2, 0) is 11.8 Å². The molecular weight excluding hydrogens is 440 g/mol. The van der Waals surface area contributed by atoms with E-state index in [9.17, 15) is 9.90 Å². The van der Waals surface area contributed by atoms with E-state index < -0.39 is 0 Å². The van der Waals surface area contributed by atoms with Gasteiger partial charge in [0.05, 0.1) is 5.69 Å². The number of anilines is 1. The predicted molar refractivity (Wildman–Crippen MR) is 134 cm³/mol. The van der Waals surface area contributed by atoms with E-state index in [0.29, 0.717) is 22.7 Å². The number of hydrogen-bond donors (Lipinski definition) is 4. The van der Waals surface area contributed by atoms with Gasteiger partial charge < -0.3 is 15.7 Å². The third-order valence-corrected chi connectivity index (χ3v) is 8.67. The van der Waals surface area contributed by atoms with Gasteiger partial charge in [0.15, 0.2) is 5.65 Å². The zero-order chi connectivity index (χ0) is 23.8. The minimum atomic E-state index is -0.349. The maximum Gasteiger partial charge on any atom is 0.263 e. The van der Waals surface area contributed by atoms with Crippen LogP contribution in [0.25, 0.3) is 11.0 Å². The molecule has 1 aliphatic heterocycles. The molecule has 2 aromatic carbocycles. The SMILES string of the molecule is N[C@@H]1c2ccccc2CC12CCN(c1nc3[nH]nc(C4(c5cccc(O)c5)CC4)c3c(=O)[nH]1)CC2. The number of benzene rings is 2. The fraction of sp³-hybridized carbons (Fsp3) is 0.370. The molecule has 1 saturated carbocycles. The van der Waals surface area contributed by atoms with Crippen LogP contribution in [0.1, 0.15) is 54.1 Å². The molecule has 8 heteroatoms. The van der Waals surface area contributed by atoms with Crippen LogP contribution in [0.15, 0.2) is 53.3 Å². The third-order valence-electron chi connectivity index (χ3n) is 8.67. The number of nitrogens with two attached hydrogens (primary N) is 1. The molecule has 5 N–H and O–H groups in total. The fourth-order valence-electron chi connectivity index (χ4n) is 6.48. The molecule has 2 fully saturated rings. The lowest BCUT2D eigenvalue weighted by Crippen LogP contribution is -2.45. The van der Waals surface area contributed by atoms with E-state index in [0.717, 1.165) is 50.8 Å². The van der Waals surface area contributed by atoms with Crippen molar-refractivity contribution in [3.63, 3.8) is 0 Å². The van der Waals surface area contributed by atoms with Gasteiger partial charge in [0, 0.05) is 24.5 Å². The highest BCUT2D eigenvalue weighted by Crippen LogP contribution is 2.54. The number of aromatic hydroxyl groups is 1. The van der Waals surface area contributed by atoms with Crippen molar-refractivity contribution in [3.05, 3.63) is 81.3 Å². The van der Waals surface area contributed by atoms with Gasteiger partial charge in [-0.3, -0.25) is 14.9 Å². The molecule has 1 atom stereocenters. The summed E-state index contributed by atoms with van der Waals surface area (Å²) in [6.07, 6.45) is 4.70. The number of phenols is 1. The van der Waals surface area contributed by atoms with Gasteiger partial charge in [-0.25, -0.2) is 0 Å². The van der Waals surface area contributed by atoms with Gasteiger partial charge >= 0.3 is 0 Å². The first-order chi connectivity index (χ1) is 17.0. The summed E-state index contributed by atoms with van der Waals surface area (Å²) >= 11 is 0. The molecule has 4 aromatic rings. The Labute approximate surface area is 202 Å². The van der Waals surface area contributed by atoms with Crippen molar-refractivity contribution in [2.45, 2.75) is 43.6 Å². The number of phenolic OH excluding ortho intramolecular Hbond substituents is 1. The maximum absolute atomic E-state index is 13.3. The minimum Gasteiger partial charge on any atom is -0.508 e. The molecule has 3 heterocycles. The Morgan fingerprint density at radius 3 is 2.60 bits per heavy atom. The molecule has 0 bridgehead atoms. The van der Waals surface area contributed by atoms with Gasteiger partial charge in [-0.2, -0.15) is 10.1 Å². The number of nitrogens with zero attached hydrogens (tertiary/aromatic N) is 3. The summed E-state index contributed by atoms with van der Waals surface area (Å²) in [6.45, 7) is 1.59. The summed E-state index contributed by atoms with van der Waals surface area (Å²) in [4.78, 5) is 23.3. The van der Waals surface area contributed by atoms with Crippen LogP contribution >= 0.6 is 0 Å². The summed E-state index contributed by atoms with van der Waals surface area (Å²) in [6, 6.07) is 15.8. The number of nitrogens with one attached hydrogen (secondary N) is 2. The highest BCUT2D eigenvalue weighted by molar-refractivity contribution is 5.80. The maximum atomic E-state index is 13.3. The monoisotopic (exact) mass is 468 g/mol. The van der Waals surface area contributed by atoms with E-state index in [-0.39, 0.29) is 28.2 Å². The number of piperidine rings is 1. The van der Waals surface area contributed by atoms with E-state index in [4.69, 9.17) is 10.7 Å². The van der Waals surface area contributed by atoms with Crippen LogP contribution in [-0.4, -0.2) is 38.4 Å². The summed E-state index contributed by atoms with van der Waals surface area (Å²) in [5, 5.41) is 18.0. The molecule has 0 radical (unpaired) electrons. The molecule has 3 aliphatic rings. The lowest BCUT2D eigenvalue weighted by Gasteiger charge is -2.42. The first-order valence-electron chi connectivity index (χ1n) is 12.4. The molecule has 35 heavy (non-hydrogen) atoms. The van der Waals surface area contributed by atoms with Crippen molar-refractivity contribution in [1.29, 1.82) is 0 Å². The smallest absolute Gasteiger partial charge is 0.263 e. The lowest BCUT2D eigenvalue weighted by molar-refractivity contribution is 0.187. The number of hydrogen-bond acceptors (Lipinski definition) is 6. The highest BCUT2D eigenvalue weighted by Gasteiger charge is 2.50. The van der Waals surface area contributed by atoms with Crippen molar-refractivity contribution in [1.82, 2.24) is 20.2 Å². The van der Waals surface area contributed by atoms with E-state index in [2.05, 4.69) is 44.3 Å². The molecule has 7 rings (SSSR count). The van der Waals surface area contributed by atoms with E-state index in [1.165, 1.54) is 11.1 Å². The largest absolute Gasteiger partial charge is 0.508 e. The van der Waals surface area contributed by atoms with Gasteiger partial charge in [-0.15, -0.1) is 0 Å². The van der Waals surface area contributed by atoms with Crippen LogP contribution < -0.4 is 16.2 Å². The lowest BCUT2D eigenvalue weighted by atomic mass is 9.73. The van der Waals surface area contributed by atoms with Crippen molar-refractivity contribution in [3.8, 4) is 5.75 Å². The molecule has 2 aromatic heterocycles. The molecule has 2 aliphatic carbocycles. The van der Waals surface area contributed by atoms with Crippen molar-refractivity contribution in [2.24, 2.45) is 11.1 Å². The van der Waals surface area contributed by atoms with Gasteiger partial charge in [0.1, 0.15) is 11.1 Å². The van der Waals surface area contributed by atoms with Crippen LogP contribution in [0.3, 0.4) is 0 Å². The topological polar surface area (TPSA) is 124 Å². The van der Waals surface area contributed by atoms with Crippen molar-refractivity contribution < 1.29 is 5.11 Å². The van der Waals surface area contributed by atoms with Crippen LogP contribution in [0, 0.1) is 5.41 Å². The van der Waals surface area contributed by atoms with Crippen LogP contribution in [0.2, 0.25) is 0 Å². The Balaban J connectivity index is 1.17. The Morgan fingerprint density at radius 1 is 1.06 bits per heavy atom. The Bertz CT molecular complexity index is 1510. The predicted octanol–water partition coefficient (Wildman–Crippen LogP) is 3.27. The second kappa shape index (κ2) is 7.18. The number of aromatic nitrogens is 4.